The lowest BCUT2D eigenvalue weighted by Gasteiger charge is -2.19. The van der Waals surface area contributed by atoms with Gasteiger partial charge >= 0.3 is 0 Å². The van der Waals surface area contributed by atoms with E-state index in [1.54, 1.807) is 39.5 Å². The monoisotopic (exact) mass is 450 g/mol. The van der Waals surface area contributed by atoms with Gasteiger partial charge in [-0.2, -0.15) is 0 Å². The molecule has 7 heteroatoms. The molecule has 0 radical (unpaired) electrons. The molecule has 7 nitrogen and oxygen atoms in total. The lowest BCUT2D eigenvalue weighted by atomic mass is 9.97. The molecule has 3 aromatic rings. The Morgan fingerprint density at radius 1 is 0.879 bits per heavy atom. The standard InChI is InChI=1S/C26H34N4O3/c1-17(2)22-14-27-16-30(25(22)32)15-20(5)23-19(4)10-13-29(26(23)33)12-9-18(3)21-8-7-11-28(6)24(21)31/h7-8,10-11,13-14,16-18,20H,9,12,15H2,1-6H3. The van der Waals surface area contributed by atoms with E-state index in [1.807, 2.05) is 59.0 Å². The van der Waals surface area contributed by atoms with E-state index >= 15 is 0 Å². The average molecular weight is 451 g/mol. The molecule has 176 valence electrons. The molecule has 33 heavy (non-hydrogen) atoms. The van der Waals surface area contributed by atoms with Crippen LogP contribution >= 0.6 is 0 Å². The number of hydrogen-bond donors (Lipinski definition) is 0. The highest BCUT2D eigenvalue weighted by atomic mass is 16.1. The molecule has 0 spiro atoms. The van der Waals surface area contributed by atoms with Gasteiger partial charge in [0.25, 0.3) is 16.7 Å². The second kappa shape index (κ2) is 10.1. The van der Waals surface area contributed by atoms with E-state index in [2.05, 4.69) is 4.98 Å². The van der Waals surface area contributed by atoms with Gasteiger partial charge in [0.1, 0.15) is 0 Å². The molecule has 0 N–H and O–H groups in total. The summed E-state index contributed by atoms with van der Waals surface area (Å²) < 4.78 is 4.90. The third-order valence-electron chi connectivity index (χ3n) is 6.42. The highest BCUT2D eigenvalue weighted by molar-refractivity contribution is 5.26. The Kier molecular flexibility index (Phi) is 7.51. The van der Waals surface area contributed by atoms with Crippen LogP contribution in [0.1, 0.15) is 74.1 Å². The van der Waals surface area contributed by atoms with Gasteiger partial charge in [0, 0.05) is 61.3 Å². The van der Waals surface area contributed by atoms with Crippen LogP contribution in [0.5, 0.6) is 0 Å². The Bertz CT molecular complexity index is 1300. The van der Waals surface area contributed by atoms with Gasteiger partial charge < -0.3 is 9.13 Å². The summed E-state index contributed by atoms with van der Waals surface area (Å²) in [7, 11) is 1.74. The maximum Gasteiger partial charge on any atom is 0.256 e. The van der Waals surface area contributed by atoms with E-state index in [1.165, 1.54) is 0 Å². The van der Waals surface area contributed by atoms with Gasteiger partial charge in [0.15, 0.2) is 0 Å². The lowest BCUT2D eigenvalue weighted by molar-refractivity contribution is 0.530. The van der Waals surface area contributed by atoms with Crippen molar-refractivity contribution >= 4 is 0 Å². The van der Waals surface area contributed by atoms with E-state index in [0.29, 0.717) is 30.6 Å². The van der Waals surface area contributed by atoms with Crippen molar-refractivity contribution in [3.8, 4) is 0 Å². The van der Waals surface area contributed by atoms with Crippen molar-refractivity contribution in [2.75, 3.05) is 0 Å². The molecule has 0 fully saturated rings. The van der Waals surface area contributed by atoms with Crippen LogP contribution in [0.4, 0.5) is 0 Å². The molecule has 0 saturated heterocycles. The van der Waals surface area contributed by atoms with E-state index in [9.17, 15) is 14.4 Å². The Morgan fingerprint density at radius 2 is 1.61 bits per heavy atom. The molecule has 2 atom stereocenters. The minimum atomic E-state index is -0.147. The highest BCUT2D eigenvalue weighted by Gasteiger charge is 2.18. The summed E-state index contributed by atoms with van der Waals surface area (Å²) >= 11 is 0. The topological polar surface area (TPSA) is 78.9 Å². The molecule has 0 aliphatic carbocycles. The largest absolute Gasteiger partial charge is 0.318 e. The number of nitrogens with zero attached hydrogens (tertiary/aromatic N) is 4. The molecule has 0 bridgehead atoms. The predicted octanol–water partition coefficient (Wildman–Crippen LogP) is 3.53. The normalized spacial score (nSPS) is 13.3. The van der Waals surface area contributed by atoms with E-state index < -0.39 is 0 Å². The zero-order valence-electron chi connectivity index (χ0n) is 20.4. The fourth-order valence-electron chi connectivity index (χ4n) is 4.32. The van der Waals surface area contributed by atoms with Crippen LogP contribution in [0, 0.1) is 6.92 Å². The molecule has 0 aromatic carbocycles. The summed E-state index contributed by atoms with van der Waals surface area (Å²) in [5.41, 5.74) is 2.95. The molecule has 0 saturated carbocycles. The summed E-state index contributed by atoms with van der Waals surface area (Å²) in [4.78, 5) is 42.8. The van der Waals surface area contributed by atoms with Crippen LogP contribution < -0.4 is 16.7 Å². The third-order valence-corrected chi connectivity index (χ3v) is 6.42. The van der Waals surface area contributed by atoms with Crippen LogP contribution in [0.15, 0.2) is 57.5 Å². The second-order valence-corrected chi connectivity index (χ2v) is 9.34. The van der Waals surface area contributed by atoms with Crippen molar-refractivity contribution in [3.05, 3.63) is 96.4 Å². The van der Waals surface area contributed by atoms with Crippen LogP contribution in [0.2, 0.25) is 0 Å². The molecule has 3 rings (SSSR count). The van der Waals surface area contributed by atoms with Gasteiger partial charge in [-0.1, -0.05) is 33.8 Å². The summed E-state index contributed by atoms with van der Waals surface area (Å²) in [6, 6.07) is 5.68. The molecule has 2 unspecified atom stereocenters. The van der Waals surface area contributed by atoms with Crippen LogP contribution in [-0.2, 0) is 20.1 Å². The van der Waals surface area contributed by atoms with Crippen LogP contribution in [-0.4, -0.2) is 18.7 Å². The van der Waals surface area contributed by atoms with Gasteiger partial charge in [0.05, 0.1) is 6.33 Å². The van der Waals surface area contributed by atoms with Crippen molar-refractivity contribution in [2.45, 2.75) is 71.9 Å². The quantitative estimate of drug-likeness (QED) is 0.526. The van der Waals surface area contributed by atoms with Crippen molar-refractivity contribution in [1.29, 1.82) is 0 Å². The average Bonchev–Trinajstić information content (AvgIpc) is 2.76. The van der Waals surface area contributed by atoms with Gasteiger partial charge in [-0.3, -0.25) is 19.0 Å². The maximum atomic E-state index is 13.3. The van der Waals surface area contributed by atoms with E-state index in [-0.39, 0.29) is 34.4 Å². The summed E-state index contributed by atoms with van der Waals surface area (Å²) in [6.07, 6.45) is 7.40. The molecule has 3 aromatic heterocycles. The molecular formula is C26H34N4O3. The van der Waals surface area contributed by atoms with Crippen molar-refractivity contribution in [1.82, 2.24) is 18.7 Å². The molecular weight excluding hydrogens is 416 g/mol. The number of rotatable bonds is 8. The lowest BCUT2D eigenvalue weighted by Crippen LogP contribution is -2.31. The Balaban J connectivity index is 1.83. The van der Waals surface area contributed by atoms with Crippen molar-refractivity contribution in [2.24, 2.45) is 7.05 Å². The van der Waals surface area contributed by atoms with Crippen LogP contribution in [0.25, 0.3) is 0 Å². The molecule has 0 aliphatic heterocycles. The Morgan fingerprint density at radius 3 is 2.30 bits per heavy atom. The second-order valence-electron chi connectivity index (χ2n) is 9.34. The zero-order valence-corrected chi connectivity index (χ0v) is 20.4. The Hall–Kier alpha value is -3.22. The molecule has 3 heterocycles. The summed E-state index contributed by atoms with van der Waals surface area (Å²) in [5.74, 6) is -0.0278. The van der Waals surface area contributed by atoms with Crippen molar-refractivity contribution < 1.29 is 0 Å². The van der Waals surface area contributed by atoms with Gasteiger partial charge in [0.2, 0.25) is 0 Å². The van der Waals surface area contributed by atoms with Gasteiger partial charge in [-0.25, -0.2) is 4.98 Å². The zero-order chi connectivity index (χ0) is 24.3. The first-order valence-electron chi connectivity index (χ1n) is 11.5. The summed E-state index contributed by atoms with van der Waals surface area (Å²) in [6.45, 7) is 10.8. The van der Waals surface area contributed by atoms with Gasteiger partial charge in [-0.05, 0) is 42.9 Å². The first-order valence-corrected chi connectivity index (χ1v) is 11.5. The number of pyridine rings is 2. The molecule has 0 amide bonds. The fourth-order valence-corrected chi connectivity index (χ4v) is 4.32. The SMILES string of the molecule is Cc1ccn(CCC(C)c2cccn(C)c2=O)c(=O)c1C(C)Cn1cncc(C(C)C)c1=O. The first kappa shape index (κ1) is 24.4. The fraction of sp³-hybridized carbons (Fsp3) is 0.462. The molecule has 0 aliphatic rings. The number of aryl methyl sites for hydroxylation is 3. The van der Waals surface area contributed by atoms with Crippen LogP contribution in [0.3, 0.4) is 0 Å². The maximum absolute atomic E-state index is 13.3. The first-order chi connectivity index (χ1) is 15.6. The Labute approximate surface area is 194 Å². The summed E-state index contributed by atoms with van der Waals surface area (Å²) in [5, 5.41) is 0. The smallest absolute Gasteiger partial charge is 0.256 e. The predicted molar refractivity (Wildman–Crippen MR) is 131 cm³/mol. The van der Waals surface area contributed by atoms with E-state index in [4.69, 9.17) is 0 Å². The third kappa shape index (κ3) is 5.24. The highest BCUT2D eigenvalue weighted by Crippen LogP contribution is 2.19. The number of hydrogen-bond acceptors (Lipinski definition) is 4. The van der Waals surface area contributed by atoms with Gasteiger partial charge in [-0.15, -0.1) is 0 Å². The number of aromatic nitrogens is 4. The minimum absolute atomic E-state index is 0.00163. The van der Waals surface area contributed by atoms with E-state index in [0.717, 1.165) is 11.1 Å². The minimum Gasteiger partial charge on any atom is -0.318 e. The van der Waals surface area contributed by atoms with Crippen molar-refractivity contribution in [3.63, 3.8) is 0 Å².